The standard InChI is InChI=1S/C16H15ClN2O3/c1-21-14-6-3-10(7-15(14)22-2)9-19-16(20)12-5-4-11(17)8-13(12)18-19/h3-8,18H,9H2,1-2H3. The van der Waals surface area contributed by atoms with Crippen molar-refractivity contribution in [2.45, 2.75) is 6.54 Å². The maximum absolute atomic E-state index is 12.4. The Kier molecular flexibility index (Phi) is 3.81. The zero-order valence-corrected chi connectivity index (χ0v) is 13.0. The van der Waals surface area contributed by atoms with Crippen LogP contribution in [0.3, 0.4) is 0 Å². The van der Waals surface area contributed by atoms with E-state index in [0.29, 0.717) is 28.5 Å². The SMILES string of the molecule is COc1ccc(Cn2[nH]c3cc(Cl)ccc3c2=O)cc1OC. The van der Waals surface area contributed by atoms with Crippen molar-refractivity contribution in [2.24, 2.45) is 0 Å². The highest BCUT2D eigenvalue weighted by molar-refractivity contribution is 6.31. The number of hydrogen-bond donors (Lipinski definition) is 1. The first-order valence-corrected chi connectivity index (χ1v) is 7.09. The van der Waals surface area contributed by atoms with Crippen LogP contribution in [0.25, 0.3) is 10.9 Å². The van der Waals surface area contributed by atoms with Crippen molar-refractivity contribution >= 4 is 22.5 Å². The summed E-state index contributed by atoms with van der Waals surface area (Å²) in [6.45, 7) is 0.408. The Labute approximate surface area is 132 Å². The topological polar surface area (TPSA) is 56.2 Å². The highest BCUT2D eigenvalue weighted by atomic mass is 35.5. The van der Waals surface area contributed by atoms with Gasteiger partial charge in [-0.2, -0.15) is 0 Å². The van der Waals surface area contributed by atoms with Gasteiger partial charge in [-0.15, -0.1) is 0 Å². The third-order valence-corrected chi connectivity index (χ3v) is 3.74. The highest BCUT2D eigenvalue weighted by Crippen LogP contribution is 2.27. The number of ether oxygens (including phenoxy) is 2. The van der Waals surface area contributed by atoms with Crippen LogP contribution < -0.4 is 15.0 Å². The summed E-state index contributed by atoms with van der Waals surface area (Å²) in [5.41, 5.74) is 1.57. The number of H-pyrrole nitrogens is 1. The third kappa shape index (κ3) is 2.55. The molecule has 0 saturated heterocycles. The molecule has 6 heteroatoms. The molecule has 0 spiro atoms. The number of aromatic amines is 1. The van der Waals surface area contributed by atoms with Crippen LogP contribution in [-0.4, -0.2) is 24.0 Å². The van der Waals surface area contributed by atoms with Crippen molar-refractivity contribution in [3.05, 3.63) is 57.3 Å². The van der Waals surface area contributed by atoms with Gasteiger partial charge in [-0.3, -0.25) is 9.89 Å². The van der Waals surface area contributed by atoms with Crippen LogP contribution in [0.5, 0.6) is 11.5 Å². The van der Waals surface area contributed by atoms with E-state index in [1.807, 2.05) is 18.2 Å². The molecule has 0 aliphatic rings. The molecule has 0 amide bonds. The Morgan fingerprint density at radius 3 is 2.59 bits per heavy atom. The fourth-order valence-corrected chi connectivity index (χ4v) is 2.58. The maximum Gasteiger partial charge on any atom is 0.274 e. The molecule has 114 valence electrons. The molecule has 3 rings (SSSR count). The molecule has 1 aromatic heterocycles. The fraction of sp³-hybridized carbons (Fsp3) is 0.188. The summed E-state index contributed by atoms with van der Waals surface area (Å²) in [4.78, 5) is 12.4. The van der Waals surface area contributed by atoms with E-state index < -0.39 is 0 Å². The van der Waals surface area contributed by atoms with E-state index in [1.54, 1.807) is 37.1 Å². The monoisotopic (exact) mass is 318 g/mol. The van der Waals surface area contributed by atoms with Gasteiger partial charge in [0.05, 0.1) is 31.7 Å². The summed E-state index contributed by atoms with van der Waals surface area (Å²) < 4.78 is 12.0. The summed E-state index contributed by atoms with van der Waals surface area (Å²) >= 11 is 5.95. The fourth-order valence-electron chi connectivity index (χ4n) is 2.41. The first-order chi connectivity index (χ1) is 10.6. The largest absolute Gasteiger partial charge is 0.493 e. The molecule has 22 heavy (non-hydrogen) atoms. The number of fused-ring (bicyclic) bond motifs is 1. The van der Waals surface area contributed by atoms with Crippen molar-refractivity contribution in [3.8, 4) is 11.5 Å². The van der Waals surface area contributed by atoms with E-state index in [-0.39, 0.29) is 5.56 Å². The average Bonchev–Trinajstić information content (AvgIpc) is 2.82. The van der Waals surface area contributed by atoms with Crippen LogP contribution in [0.1, 0.15) is 5.56 Å². The van der Waals surface area contributed by atoms with Crippen molar-refractivity contribution in [3.63, 3.8) is 0 Å². The van der Waals surface area contributed by atoms with Gasteiger partial charge < -0.3 is 9.47 Å². The number of halogens is 1. The lowest BCUT2D eigenvalue weighted by Crippen LogP contribution is -2.17. The number of aromatic nitrogens is 2. The van der Waals surface area contributed by atoms with Gasteiger partial charge in [-0.25, -0.2) is 4.68 Å². The Hall–Kier alpha value is -2.40. The molecule has 2 aromatic carbocycles. The second-order valence-electron chi connectivity index (χ2n) is 4.88. The highest BCUT2D eigenvalue weighted by Gasteiger charge is 2.09. The lowest BCUT2D eigenvalue weighted by atomic mass is 10.2. The van der Waals surface area contributed by atoms with E-state index >= 15 is 0 Å². The summed E-state index contributed by atoms with van der Waals surface area (Å²) in [5, 5.41) is 4.27. The number of nitrogens with zero attached hydrogens (tertiary/aromatic N) is 1. The van der Waals surface area contributed by atoms with E-state index in [9.17, 15) is 4.79 Å². The second-order valence-corrected chi connectivity index (χ2v) is 5.32. The summed E-state index contributed by atoms with van der Waals surface area (Å²) in [6, 6.07) is 10.7. The smallest absolute Gasteiger partial charge is 0.274 e. The minimum absolute atomic E-state index is 0.0820. The molecule has 0 aliphatic carbocycles. The number of hydrogen-bond acceptors (Lipinski definition) is 3. The Balaban J connectivity index is 1.99. The molecule has 0 saturated carbocycles. The van der Waals surface area contributed by atoms with Gasteiger partial charge in [0.1, 0.15) is 0 Å². The molecule has 3 aromatic rings. The second kappa shape index (κ2) is 5.77. The van der Waals surface area contributed by atoms with Crippen LogP contribution in [0.4, 0.5) is 0 Å². The van der Waals surface area contributed by atoms with Crippen molar-refractivity contribution < 1.29 is 9.47 Å². The van der Waals surface area contributed by atoms with Gasteiger partial charge in [0.25, 0.3) is 5.56 Å². The quantitative estimate of drug-likeness (QED) is 0.804. The van der Waals surface area contributed by atoms with E-state index in [1.165, 1.54) is 0 Å². The summed E-state index contributed by atoms with van der Waals surface area (Å²) in [7, 11) is 3.17. The Morgan fingerprint density at radius 2 is 1.86 bits per heavy atom. The van der Waals surface area contributed by atoms with Gasteiger partial charge in [-0.05, 0) is 35.9 Å². The number of rotatable bonds is 4. The van der Waals surface area contributed by atoms with Crippen molar-refractivity contribution in [1.29, 1.82) is 0 Å². The van der Waals surface area contributed by atoms with Gasteiger partial charge in [0, 0.05) is 5.02 Å². The lowest BCUT2D eigenvalue weighted by Gasteiger charge is -2.09. The molecule has 0 fully saturated rings. The zero-order chi connectivity index (χ0) is 15.7. The predicted molar refractivity (Wildman–Crippen MR) is 86.2 cm³/mol. The molecule has 0 aliphatic heterocycles. The van der Waals surface area contributed by atoms with Crippen LogP contribution in [0.2, 0.25) is 5.02 Å². The molecular formula is C16H15ClN2O3. The minimum atomic E-state index is -0.0820. The zero-order valence-electron chi connectivity index (χ0n) is 12.2. The number of benzene rings is 2. The maximum atomic E-state index is 12.4. The molecule has 1 N–H and O–H groups in total. The predicted octanol–water partition coefficient (Wildman–Crippen LogP) is 3.05. The molecule has 0 bridgehead atoms. The van der Waals surface area contributed by atoms with E-state index in [0.717, 1.165) is 11.1 Å². The van der Waals surface area contributed by atoms with Gasteiger partial charge >= 0.3 is 0 Å². The van der Waals surface area contributed by atoms with Crippen molar-refractivity contribution in [1.82, 2.24) is 9.78 Å². The van der Waals surface area contributed by atoms with Gasteiger partial charge in [-0.1, -0.05) is 17.7 Å². The average molecular weight is 319 g/mol. The number of methoxy groups -OCH3 is 2. The lowest BCUT2D eigenvalue weighted by molar-refractivity contribution is 0.354. The van der Waals surface area contributed by atoms with Crippen LogP contribution in [-0.2, 0) is 6.54 Å². The van der Waals surface area contributed by atoms with Gasteiger partial charge in [0.2, 0.25) is 0 Å². The molecular weight excluding hydrogens is 304 g/mol. The van der Waals surface area contributed by atoms with E-state index in [2.05, 4.69) is 5.10 Å². The molecule has 0 atom stereocenters. The van der Waals surface area contributed by atoms with Crippen LogP contribution >= 0.6 is 11.6 Å². The van der Waals surface area contributed by atoms with Crippen molar-refractivity contribution in [2.75, 3.05) is 14.2 Å². The number of nitrogens with one attached hydrogen (secondary N) is 1. The summed E-state index contributed by atoms with van der Waals surface area (Å²) in [5.74, 6) is 1.29. The third-order valence-electron chi connectivity index (χ3n) is 3.50. The van der Waals surface area contributed by atoms with Crippen LogP contribution in [0.15, 0.2) is 41.2 Å². The van der Waals surface area contributed by atoms with E-state index in [4.69, 9.17) is 21.1 Å². The summed E-state index contributed by atoms with van der Waals surface area (Å²) in [6.07, 6.45) is 0. The molecule has 5 nitrogen and oxygen atoms in total. The Morgan fingerprint density at radius 1 is 1.09 bits per heavy atom. The Bertz CT molecular complexity index is 883. The van der Waals surface area contributed by atoms with Gasteiger partial charge in [0.15, 0.2) is 11.5 Å². The first-order valence-electron chi connectivity index (χ1n) is 6.71. The first kappa shape index (κ1) is 14.5. The molecule has 0 unspecified atom stereocenters. The molecule has 1 heterocycles. The normalized spacial score (nSPS) is 10.9. The molecule has 0 radical (unpaired) electrons. The minimum Gasteiger partial charge on any atom is -0.493 e. The van der Waals surface area contributed by atoms with Crippen LogP contribution in [0, 0.1) is 0 Å².